The first-order chi connectivity index (χ1) is 8.88. The number of carboxylic acid groups (broad SMARTS) is 1. The normalized spacial score (nSPS) is 20.8. The average Bonchev–Trinajstić information content (AvgIpc) is 2.77. The SMILES string of the molecule is CCC(C)(N)C(=O)N1CC(C(=O)O)c2ccccc21. The van der Waals surface area contributed by atoms with Crippen molar-refractivity contribution < 1.29 is 14.7 Å². The Balaban J connectivity index is 2.41. The number of anilines is 1. The third-order valence-electron chi connectivity index (χ3n) is 3.73. The molecule has 0 saturated carbocycles. The Hall–Kier alpha value is -1.88. The molecule has 19 heavy (non-hydrogen) atoms. The monoisotopic (exact) mass is 262 g/mol. The van der Waals surface area contributed by atoms with E-state index >= 15 is 0 Å². The maximum Gasteiger partial charge on any atom is 0.312 e. The molecule has 0 aromatic heterocycles. The molecule has 3 N–H and O–H groups in total. The van der Waals surface area contributed by atoms with E-state index in [9.17, 15) is 14.7 Å². The molecular weight excluding hydrogens is 244 g/mol. The van der Waals surface area contributed by atoms with E-state index in [0.29, 0.717) is 17.7 Å². The third kappa shape index (κ3) is 2.21. The van der Waals surface area contributed by atoms with Gasteiger partial charge in [0.25, 0.3) is 0 Å². The molecule has 0 aliphatic carbocycles. The van der Waals surface area contributed by atoms with Crippen LogP contribution in [0.15, 0.2) is 24.3 Å². The van der Waals surface area contributed by atoms with Crippen molar-refractivity contribution in [3.8, 4) is 0 Å². The zero-order valence-electron chi connectivity index (χ0n) is 11.1. The van der Waals surface area contributed by atoms with Gasteiger partial charge in [-0.1, -0.05) is 25.1 Å². The maximum atomic E-state index is 12.4. The first kappa shape index (κ1) is 13.5. The van der Waals surface area contributed by atoms with Crippen molar-refractivity contribution in [2.75, 3.05) is 11.4 Å². The number of aliphatic carboxylic acids is 1. The number of amides is 1. The van der Waals surface area contributed by atoms with Crippen LogP contribution in [0.5, 0.6) is 0 Å². The van der Waals surface area contributed by atoms with Crippen LogP contribution in [0.25, 0.3) is 0 Å². The second-order valence-corrected chi connectivity index (χ2v) is 5.14. The summed E-state index contributed by atoms with van der Waals surface area (Å²) in [5.74, 6) is -1.82. The highest BCUT2D eigenvalue weighted by atomic mass is 16.4. The van der Waals surface area contributed by atoms with Crippen LogP contribution in [0.2, 0.25) is 0 Å². The number of nitrogens with two attached hydrogens (primary N) is 1. The van der Waals surface area contributed by atoms with Crippen LogP contribution in [0, 0.1) is 0 Å². The largest absolute Gasteiger partial charge is 0.481 e. The second-order valence-electron chi connectivity index (χ2n) is 5.14. The minimum Gasteiger partial charge on any atom is -0.481 e. The molecule has 5 heteroatoms. The molecule has 102 valence electrons. The van der Waals surface area contributed by atoms with E-state index in [1.165, 1.54) is 4.90 Å². The molecule has 0 fully saturated rings. The zero-order chi connectivity index (χ0) is 14.2. The number of benzene rings is 1. The number of nitrogens with zero attached hydrogens (tertiary/aromatic N) is 1. The molecule has 0 bridgehead atoms. The Bertz CT molecular complexity index is 525. The molecule has 2 unspecified atom stereocenters. The molecule has 2 atom stereocenters. The number of carbonyl (C=O) groups is 2. The second kappa shape index (κ2) is 4.66. The highest BCUT2D eigenvalue weighted by Crippen LogP contribution is 2.37. The van der Waals surface area contributed by atoms with Crippen LogP contribution in [-0.4, -0.2) is 29.1 Å². The molecule has 1 heterocycles. The Morgan fingerprint density at radius 2 is 2.11 bits per heavy atom. The highest BCUT2D eigenvalue weighted by Gasteiger charge is 2.40. The van der Waals surface area contributed by atoms with E-state index in [1.807, 2.05) is 6.92 Å². The summed E-state index contributed by atoms with van der Waals surface area (Å²) in [4.78, 5) is 25.2. The Morgan fingerprint density at radius 3 is 2.68 bits per heavy atom. The summed E-state index contributed by atoms with van der Waals surface area (Å²) in [6, 6.07) is 7.09. The van der Waals surface area contributed by atoms with Crippen molar-refractivity contribution in [1.29, 1.82) is 0 Å². The lowest BCUT2D eigenvalue weighted by Crippen LogP contribution is -2.53. The van der Waals surface area contributed by atoms with Crippen molar-refractivity contribution in [2.45, 2.75) is 31.7 Å². The van der Waals surface area contributed by atoms with Crippen molar-refractivity contribution in [3.05, 3.63) is 29.8 Å². The summed E-state index contributed by atoms with van der Waals surface area (Å²) in [5, 5.41) is 9.25. The first-order valence-corrected chi connectivity index (χ1v) is 6.31. The number of hydrogen-bond acceptors (Lipinski definition) is 3. The number of rotatable bonds is 3. The minimum absolute atomic E-state index is 0.153. The molecule has 1 aliphatic heterocycles. The predicted octanol–water partition coefficient (Wildman–Crippen LogP) is 1.33. The fourth-order valence-electron chi connectivity index (χ4n) is 2.27. The van der Waals surface area contributed by atoms with Gasteiger partial charge in [-0.15, -0.1) is 0 Å². The summed E-state index contributed by atoms with van der Waals surface area (Å²) in [7, 11) is 0. The summed E-state index contributed by atoms with van der Waals surface area (Å²) >= 11 is 0. The number of fused-ring (bicyclic) bond motifs is 1. The number of carbonyl (C=O) groups excluding carboxylic acids is 1. The number of hydrogen-bond donors (Lipinski definition) is 2. The van der Waals surface area contributed by atoms with Crippen LogP contribution >= 0.6 is 0 Å². The lowest BCUT2D eigenvalue weighted by Gasteiger charge is -2.28. The standard InChI is InChI=1S/C14H18N2O3/c1-3-14(2,15)13(19)16-8-10(12(17)18)9-6-4-5-7-11(9)16/h4-7,10H,3,8,15H2,1-2H3,(H,17,18). The molecule has 1 aromatic carbocycles. The molecule has 0 radical (unpaired) electrons. The van der Waals surface area contributed by atoms with Gasteiger partial charge in [-0.05, 0) is 25.0 Å². The average molecular weight is 262 g/mol. The van der Waals surface area contributed by atoms with Crippen LogP contribution in [0.4, 0.5) is 5.69 Å². The predicted molar refractivity (Wildman–Crippen MR) is 72.1 cm³/mol. The molecule has 1 aliphatic rings. The van der Waals surface area contributed by atoms with Crippen molar-refractivity contribution in [2.24, 2.45) is 5.73 Å². The van der Waals surface area contributed by atoms with Gasteiger partial charge in [0.05, 0.1) is 5.54 Å². The van der Waals surface area contributed by atoms with E-state index in [-0.39, 0.29) is 12.5 Å². The Morgan fingerprint density at radius 1 is 1.47 bits per heavy atom. The molecular formula is C14H18N2O3. The maximum absolute atomic E-state index is 12.4. The molecule has 1 aromatic rings. The third-order valence-corrected chi connectivity index (χ3v) is 3.73. The molecule has 0 spiro atoms. The van der Waals surface area contributed by atoms with Gasteiger partial charge in [0, 0.05) is 12.2 Å². The summed E-state index contributed by atoms with van der Waals surface area (Å²) in [6.45, 7) is 3.67. The zero-order valence-corrected chi connectivity index (χ0v) is 11.1. The van der Waals surface area contributed by atoms with Crippen LogP contribution in [0.3, 0.4) is 0 Å². The summed E-state index contributed by atoms with van der Waals surface area (Å²) < 4.78 is 0. The van der Waals surface area contributed by atoms with E-state index in [0.717, 1.165) is 0 Å². The van der Waals surface area contributed by atoms with Crippen molar-refractivity contribution >= 4 is 17.6 Å². The van der Waals surface area contributed by atoms with Gasteiger partial charge in [0.1, 0.15) is 5.92 Å². The quantitative estimate of drug-likeness (QED) is 0.860. The highest BCUT2D eigenvalue weighted by molar-refractivity contribution is 6.03. The molecule has 2 rings (SSSR count). The van der Waals surface area contributed by atoms with Crippen molar-refractivity contribution in [1.82, 2.24) is 0 Å². The summed E-state index contributed by atoms with van der Waals surface area (Å²) in [6.07, 6.45) is 0.502. The van der Waals surface area contributed by atoms with Gasteiger partial charge in [0.15, 0.2) is 0 Å². The van der Waals surface area contributed by atoms with E-state index < -0.39 is 17.4 Å². The van der Waals surface area contributed by atoms with Gasteiger partial charge in [-0.25, -0.2) is 0 Å². The van der Waals surface area contributed by atoms with Gasteiger partial charge < -0.3 is 15.7 Å². The number of carboxylic acids is 1. The fourth-order valence-corrected chi connectivity index (χ4v) is 2.27. The Labute approximate surface area is 112 Å². The smallest absolute Gasteiger partial charge is 0.312 e. The van der Waals surface area contributed by atoms with Gasteiger partial charge in [-0.3, -0.25) is 9.59 Å². The molecule has 5 nitrogen and oxygen atoms in total. The van der Waals surface area contributed by atoms with Gasteiger partial charge in [0.2, 0.25) is 5.91 Å². The van der Waals surface area contributed by atoms with Crippen LogP contribution in [0.1, 0.15) is 31.7 Å². The van der Waals surface area contributed by atoms with E-state index in [2.05, 4.69) is 0 Å². The van der Waals surface area contributed by atoms with E-state index in [1.54, 1.807) is 31.2 Å². The number of para-hydroxylation sites is 1. The topological polar surface area (TPSA) is 83.6 Å². The van der Waals surface area contributed by atoms with Crippen LogP contribution < -0.4 is 10.6 Å². The lowest BCUT2D eigenvalue weighted by atomic mass is 9.98. The van der Waals surface area contributed by atoms with Gasteiger partial charge in [-0.2, -0.15) is 0 Å². The summed E-state index contributed by atoms with van der Waals surface area (Å²) in [5.41, 5.74) is 6.34. The fraction of sp³-hybridized carbons (Fsp3) is 0.429. The van der Waals surface area contributed by atoms with Crippen LogP contribution in [-0.2, 0) is 9.59 Å². The Kier molecular flexibility index (Phi) is 3.32. The molecule has 1 amide bonds. The van der Waals surface area contributed by atoms with Crippen molar-refractivity contribution in [3.63, 3.8) is 0 Å². The first-order valence-electron chi connectivity index (χ1n) is 6.31. The lowest BCUT2D eigenvalue weighted by molar-refractivity contribution is -0.138. The minimum atomic E-state index is -0.972. The van der Waals surface area contributed by atoms with Gasteiger partial charge >= 0.3 is 5.97 Å². The van der Waals surface area contributed by atoms with E-state index in [4.69, 9.17) is 5.73 Å². The molecule has 0 saturated heterocycles.